The number of ether oxygens (including phenoxy) is 1. The summed E-state index contributed by atoms with van der Waals surface area (Å²) < 4.78 is 45.7. The molecule has 0 saturated heterocycles. The number of hydrogen-bond donors (Lipinski definition) is 0. The molecule has 1 unspecified atom stereocenters. The molecule has 0 saturated carbocycles. The van der Waals surface area contributed by atoms with Crippen LogP contribution < -0.4 is 4.74 Å². The van der Waals surface area contributed by atoms with Gasteiger partial charge in [-0.2, -0.15) is 13.2 Å². The van der Waals surface area contributed by atoms with Gasteiger partial charge in [-0.1, -0.05) is 42.8 Å². The third kappa shape index (κ3) is 3.40. The second-order valence-corrected chi connectivity index (χ2v) is 6.73. The predicted octanol–water partition coefficient (Wildman–Crippen LogP) is 6.36. The highest BCUT2D eigenvalue weighted by Gasteiger charge is 2.55. The van der Waals surface area contributed by atoms with Gasteiger partial charge in [-0.05, 0) is 60.7 Å². The van der Waals surface area contributed by atoms with Crippen molar-refractivity contribution < 1.29 is 17.9 Å². The van der Waals surface area contributed by atoms with Gasteiger partial charge in [0, 0.05) is 10.6 Å². The van der Waals surface area contributed by atoms with Crippen LogP contribution in [0.15, 0.2) is 42.5 Å². The molecule has 1 heterocycles. The summed E-state index contributed by atoms with van der Waals surface area (Å²) in [4.78, 5) is 0. The maximum atomic E-state index is 13.4. The number of alkyl halides is 3. The fraction of sp³-hybridized carbons (Fsp3) is 0.300. The first-order valence-electron chi connectivity index (χ1n) is 8.07. The van der Waals surface area contributed by atoms with Crippen LogP contribution in [0, 0.1) is 6.92 Å². The van der Waals surface area contributed by atoms with Crippen molar-refractivity contribution in [2.45, 2.75) is 38.5 Å². The molecule has 1 aliphatic rings. The first kappa shape index (κ1) is 17.9. The average Bonchev–Trinajstić information content (AvgIpc) is 2.55. The highest BCUT2D eigenvalue weighted by molar-refractivity contribution is 6.30. The topological polar surface area (TPSA) is 9.23 Å². The van der Waals surface area contributed by atoms with Crippen LogP contribution in [0.1, 0.15) is 35.6 Å². The Morgan fingerprint density at radius 2 is 1.88 bits per heavy atom. The van der Waals surface area contributed by atoms with Gasteiger partial charge < -0.3 is 4.74 Å². The standard InChI is InChI=1S/C20H18ClF3O/c1-3-19(20(22,23)24)9-8-15-5-4-14(12-18(15)25-19)11-16-6-7-17(21)10-13(16)2/h4-10,12H,3,11H2,1-2H3. The van der Waals surface area contributed by atoms with Gasteiger partial charge in [0.2, 0.25) is 5.60 Å². The van der Waals surface area contributed by atoms with Crippen LogP contribution in [-0.2, 0) is 6.42 Å². The van der Waals surface area contributed by atoms with Gasteiger partial charge in [-0.15, -0.1) is 0 Å². The number of halogens is 4. The zero-order valence-electron chi connectivity index (χ0n) is 14.0. The fourth-order valence-electron chi connectivity index (χ4n) is 2.99. The quantitative estimate of drug-likeness (QED) is 0.614. The monoisotopic (exact) mass is 366 g/mol. The smallest absolute Gasteiger partial charge is 0.432 e. The van der Waals surface area contributed by atoms with Crippen molar-refractivity contribution in [2.24, 2.45) is 0 Å². The summed E-state index contributed by atoms with van der Waals surface area (Å²) in [5, 5.41) is 0.665. The Morgan fingerprint density at radius 1 is 1.12 bits per heavy atom. The number of rotatable bonds is 3. The molecule has 0 spiro atoms. The van der Waals surface area contributed by atoms with Crippen LogP contribution in [0.25, 0.3) is 6.08 Å². The fourth-order valence-corrected chi connectivity index (χ4v) is 3.22. The zero-order chi connectivity index (χ0) is 18.2. The van der Waals surface area contributed by atoms with Gasteiger partial charge in [-0.3, -0.25) is 0 Å². The van der Waals surface area contributed by atoms with Gasteiger partial charge in [0.05, 0.1) is 0 Å². The molecule has 1 aliphatic heterocycles. The van der Waals surface area contributed by atoms with Gasteiger partial charge in [-0.25, -0.2) is 0 Å². The Hall–Kier alpha value is -1.94. The molecular formula is C20H18ClF3O. The Balaban J connectivity index is 1.92. The lowest BCUT2D eigenvalue weighted by Gasteiger charge is -2.35. The molecule has 0 fully saturated rings. The van der Waals surface area contributed by atoms with E-state index in [4.69, 9.17) is 16.3 Å². The molecule has 3 rings (SSSR count). The molecule has 0 aliphatic carbocycles. The first-order chi connectivity index (χ1) is 11.7. The van der Waals surface area contributed by atoms with Crippen LogP contribution in [-0.4, -0.2) is 11.8 Å². The molecule has 5 heteroatoms. The third-order valence-electron chi connectivity index (χ3n) is 4.61. The summed E-state index contributed by atoms with van der Waals surface area (Å²) in [5.41, 5.74) is 1.42. The lowest BCUT2D eigenvalue weighted by atomic mass is 9.93. The van der Waals surface area contributed by atoms with Crippen molar-refractivity contribution in [1.82, 2.24) is 0 Å². The summed E-state index contributed by atoms with van der Waals surface area (Å²) in [6, 6.07) is 11.0. The average molecular weight is 367 g/mol. The van der Waals surface area contributed by atoms with Crippen molar-refractivity contribution in [3.63, 3.8) is 0 Å². The maximum Gasteiger partial charge on any atom is 0.432 e. The molecule has 0 amide bonds. The van der Waals surface area contributed by atoms with E-state index in [9.17, 15) is 13.2 Å². The van der Waals surface area contributed by atoms with Gasteiger partial charge in [0.25, 0.3) is 0 Å². The summed E-state index contributed by atoms with van der Waals surface area (Å²) in [7, 11) is 0. The van der Waals surface area contributed by atoms with E-state index in [1.807, 2.05) is 31.2 Å². The molecule has 1 nitrogen and oxygen atoms in total. The van der Waals surface area contributed by atoms with Crippen molar-refractivity contribution >= 4 is 17.7 Å². The van der Waals surface area contributed by atoms with Crippen LogP contribution >= 0.6 is 11.6 Å². The number of fused-ring (bicyclic) bond motifs is 1. The molecular weight excluding hydrogens is 349 g/mol. The maximum absolute atomic E-state index is 13.4. The van der Waals surface area contributed by atoms with Crippen LogP contribution in [0.3, 0.4) is 0 Å². The Labute approximate surface area is 150 Å². The third-order valence-corrected chi connectivity index (χ3v) is 4.84. The summed E-state index contributed by atoms with van der Waals surface area (Å²) in [6.45, 7) is 3.44. The molecule has 1 atom stereocenters. The minimum absolute atomic E-state index is 0.174. The van der Waals surface area contributed by atoms with E-state index in [1.54, 1.807) is 12.1 Å². The molecule has 0 radical (unpaired) electrons. The second kappa shape index (κ2) is 6.41. The van der Waals surface area contributed by atoms with Gasteiger partial charge in [0.15, 0.2) is 0 Å². The Bertz CT molecular complexity index is 826. The highest BCUT2D eigenvalue weighted by atomic mass is 35.5. The van der Waals surface area contributed by atoms with Crippen molar-refractivity contribution in [2.75, 3.05) is 0 Å². The highest BCUT2D eigenvalue weighted by Crippen LogP contribution is 2.43. The SMILES string of the molecule is CCC1(C(F)(F)F)C=Cc2ccc(Cc3ccc(Cl)cc3C)cc2O1. The molecule has 2 aromatic carbocycles. The van der Waals surface area contributed by atoms with Crippen LogP contribution in [0.5, 0.6) is 5.75 Å². The normalized spacial score (nSPS) is 19.4. The molecule has 132 valence electrons. The Kier molecular flexibility index (Phi) is 4.58. The van der Waals surface area contributed by atoms with Crippen molar-refractivity contribution in [1.29, 1.82) is 0 Å². The Morgan fingerprint density at radius 3 is 2.52 bits per heavy atom. The lowest BCUT2D eigenvalue weighted by molar-refractivity contribution is -0.230. The van der Waals surface area contributed by atoms with E-state index in [0.29, 0.717) is 17.0 Å². The van der Waals surface area contributed by atoms with E-state index in [2.05, 4.69) is 0 Å². The lowest BCUT2D eigenvalue weighted by Crippen LogP contribution is -2.49. The van der Waals surface area contributed by atoms with E-state index >= 15 is 0 Å². The minimum Gasteiger partial charge on any atom is -0.473 e. The second-order valence-electron chi connectivity index (χ2n) is 6.30. The molecule has 0 aromatic heterocycles. The van der Waals surface area contributed by atoms with Crippen LogP contribution in [0.2, 0.25) is 5.02 Å². The van der Waals surface area contributed by atoms with E-state index in [1.165, 1.54) is 13.0 Å². The molecule has 0 bridgehead atoms. The summed E-state index contributed by atoms with van der Waals surface area (Å²) in [5.74, 6) is 0.269. The van der Waals surface area contributed by atoms with Gasteiger partial charge in [0.1, 0.15) is 5.75 Å². The number of benzene rings is 2. The number of hydrogen-bond acceptors (Lipinski definition) is 1. The van der Waals surface area contributed by atoms with E-state index in [0.717, 1.165) is 22.8 Å². The first-order valence-corrected chi connectivity index (χ1v) is 8.45. The van der Waals surface area contributed by atoms with Crippen molar-refractivity contribution in [3.8, 4) is 5.75 Å². The van der Waals surface area contributed by atoms with Crippen LogP contribution in [0.4, 0.5) is 13.2 Å². The molecule has 2 aromatic rings. The van der Waals surface area contributed by atoms with E-state index < -0.39 is 11.8 Å². The zero-order valence-corrected chi connectivity index (χ0v) is 14.7. The van der Waals surface area contributed by atoms with Gasteiger partial charge >= 0.3 is 6.18 Å². The van der Waals surface area contributed by atoms with Crippen molar-refractivity contribution in [3.05, 3.63) is 69.8 Å². The molecule has 25 heavy (non-hydrogen) atoms. The largest absolute Gasteiger partial charge is 0.473 e. The number of aryl methyl sites for hydroxylation is 1. The predicted molar refractivity (Wildman–Crippen MR) is 94.2 cm³/mol. The minimum atomic E-state index is -4.46. The molecule has 0 N–H and O–H groups in total. The summed E-state index contributed by atoms with van der Waals surface area (Å²) in [6.07, 6.45) is -1.42. The van der Waals surface area contributed by atoms with E-state index in [-0.39, 0.29) is 12.2 Å². The summed E-state index contributed by atoms with van der Waals surface area (Å²) >= 11 is 5.97.